The average Bonchev–Trinajstić information content (AvgIpc) is 2.50. The second-order valence-electron chi connectivity index (χ2n) is 5.55. The van der Waals surface area contributed by atoms with Gasteiger partial charge in [0.25, 0.3) is 0 Å². The standard InChI is InChI=1S/C16H26N4O.HI/c1-16(2,14(21)17-3)12-20-15(18-4)19-11-10-13-8-6-5-7-9-13;/h5-9H,10-12H2,1-4H3,(H,17,21)(H2,18,19,20);1H. The Labute approximate surface area is 150 Å². The van der Waals surface area contributed by atoms with Crippen LogP contribution in [-0.2, 0) is 11.2 Å². The molecule has 5 nitrogen and oxygen atoms in total. The fraction of sp³-hybridized carbons (Fsp3) is 0.500. The quantitative estimate of drug-likeness (QED) is 0.375. The maximum atomic E-state index is 11.7. The highest BCUT2D eigenvalue weighted by Gasteiger charge is 2.26. The first-order chi connectivity index (χ1) is 9.99. The van der Waals surface area contributed by atoms with Crippen molar-refractivity contribution in [2.24, 2.45) is 10.4 Å². The van der Waals surface area contributed by atoms with Gasteiger partial charge in [0.05, 0.1) is 5.41 Å². The number of nitrogens with zero attached hydrogens (tertiary/aromatic N) is 1. The van der Waals surface area contributed by atoms with Gasteiger partial charge in [-0.15, -0.1) is 24.0 Å². The van der Waals surface area contributed by atoms with E-state index in [4.69, 9.17) is 0 Å². The van der Waals surface area contributed by atoms with E-state index in [1.54, 1.807) is 14.1 Å². The number of carbonyl (C=O) groups excluding carboxylic acids is 1. The van der Waals surface area contributed by atoms with Crippen LogP contribution in [0.5, 0.6) is 0 Å². The predicted molar refractivity (Wildman–Crippen MR) is 103 cm³/mol. The van der Waals surface area contributed by atoms with Crippen LogP contribution in [0, 0.1) is 5.41 Å². The highest BCUT2D eigenvalue weighted by Crippen LogP contribution is 2.12. The molecule has 0 aliphatic rings. The number of hydrogen-bond donors (Lipinski definition) is 3. The van der Waals surface area contributed by atoms with E-state index in [2.05, 4.69) is 33.1 Å². The number of carbonyl (C=O) groups is 1. The molecule has 1 aromatic carbocycles. The van der Waals surface area contributed by atoms with Crippen LogP contribution in [0.25, 0.3) is 0 Å². The van der Waals surface area contributed by atoms with E-state index < -0.39 is 5.41 Å². The van der Waals surface area contributed by atoms with Crippen molar-refractivity contribution in [3.8, 4) is 0 Å². The molecule has 0 bridgehead atoms. The molecular formula is C16H27IN4O. The van der Waals surface area contributed by atoms with E-state index in [1.807, 2.05) is 32.0 Å². The maximum Gasteiger partial charge on any atom is 0.227 e. The maximum absolute atomic E-state index is 11.7. The third-order valence-corrected chi connectivity index (χ3v) is 3.31. The summed E-state index contributed by atoms with van der Waals surface area (Å²) in [6.45, 7) is 5.12. The molecule has 1 aromatic rings. The summed E-state index contributed by atoms with van der Waals surface area (Å²) in [6.07, 6.45) is 0.931. The van der Waals surface area contributed by atoms with Crippen LogP contribution in [0.4, 0.5) is 0 Å². The van der Waals surface area contributed by atoms with Crippen molar-refractivity contribution in [3.05, 3.63) is 35.9 Å². The topological polar surface area (TPSA) is 65.5 Å². The fourth-order valence-electron chi connectivity index (χ4n) is 1.91. The number of amides is 1. The van der Waals surface area contributed by atoms with Gasteiger partial charge in [0, 0.05) is 27.2 Å². The first kappa shape index (κ1) is 20.7. The van der Waals surface area contributed by atoms with Gasteiger partial charge in [-0.3, -0.25) is 9.79 Å². The largest absolute Gasteiger partial charge is 0.359 e. The molecule has 0 saturated carbocycles. The third-order valence-electron chi connectivity index (χ3n) is 3.31. The van der Waals surface area contributed by atoms with Crippen LogP contribution < -0.4 is 16.0 Å². The van der Waals surface area contributed by atoms with Crippen LogP contribution >= 0.6 is 24.0 Å². The Morgan fingerprint density at radius 3 is 2.36 bits per heavy atom. The second-order valence-corrected chi connectivity index (χ2v) is 5.55. The number of benzene rings is 1. The Morgan fingerprint density at radius 1 is 1.18 bits per heavy atom. The van der Waals surface area contributed by atoms with Gasteiger partial charge in [-0.1, -0.05) is 30.3 Å². The predicted octanol–water partition coefficient (Wildman–Crippen LogP) is 1.78. The molecule has 0 atom stereocenters. The van der Waals surface area contributed by atoms with Crippen LogP contribution in [0.3, 0.4) is 0 Å². The van der Waals surface area contributed by atoms with Gasteiger partial charge in [0.15, 0.2) is 5.96 Å². The zero-order valence-electron chi connectivity index (χ0n) is 13.8. The third kappa shape index (κ3) is 7.11. The van der Waals surface area contributed by atoms with Crippen molar-refractivity contribution in [2.45, 2.75) is 20.3 Å². The summed E-state index contributed by atoms with van der Waals surface area (Å²) in [5.74, 6) is 0.720. The van der Waals surface area contributed by atoms with Crippen molar-refractivity contribution in [1.82, 2.24) is 16.0 Å². The normalized spacial score (nSPS) is 11.4. The molecule has 0 spiro atoms. The highest BCUT2D eigenvalue weighted by atomic mass is 127. The molecule has 0 fully saturated rings. The summed E-state index contributed by atoms with van der Waals surface area (Å²) in [5, 5.41) is 9.12. The lowest BCUT2D eigenvalue weighted by Gasteiger charge is -2.24. The van der Waals surface area contributed by atoms with Gasteiger partial charge in [-0.2, -0.15) is 0 Å². The lowest BCUT2D eigenvalue weighted by atomic mass is 9.92. The Morgan fingerprint density at radius 2 is 1.82 bits per heavy atom. The molecule has 3 N–H and O–H groups in total. The number of halogens is 1. The van der Waals surface area contributed by atoms with Crippen molar-refractivity contribution in [2.75, 3.05) is 27.2 Å². The SMILES string of the molecule is CN=C(NCCc1ccccc1)NCC(C)(C)C(=O)NC.I. The molecule has 0 aliphatic heterocycles. The van der Waals surface area contributed by atoms with E-state index in [0.717, 1.165) is 13.0 Å². The van der Waals surface area contributed by atoms with E-state index in [1.165, 1.54) is 5.56 Å². The number of nitrogens with one attached hydrogen (secondary N) is 3. The minimum absolute atomic E-state index is 0. The fourth-order valence-corrected chi connectivity index (χ4v) is 1.91. The Balaban J connectivity index is 0.00000441. The first-order valence-electron chi connectivity index (χ1n) is 7.20. The molecule has 124 valence electrons. The Hall–Kier alpha value is -1.31. The smallest absolute Gasteiger partial charge is 0.227 e. The zero-order valence-corrected chi connectivity index (χ0v) is 16.1. The molecular weight excluding hydrogens is 391 g/mol. The zero-order chi connectivity index (χ0) is 15.7. The summed E-state index contributed by atoms with van der Waals surface area (Å²) in [7, 11) is 3.38. The molecule has 0 heterocycles. The average molecular weight is 418 g/mol. The lowest BCUT2D eigenvalue weighted by Crippen LogP contribution is -2.47. The van der Waals surface area contributed by atoms with Crippen LogP contribution in [0.15, 0.2) is 35.3 Å². The molecule has 0 unspecified atom stereocenters. The van der Waals surface area contributed by atoms with E-state index in [0.29, 0.717) is 12.5 Å². The minimum Gasteiger partial charge on any atom is -0.359 e. The second kappa shape index (κ2) is 10.4. The van der Waals surface area contributed by atoms with Gasteiger partial charge in [-0.25, -0.2) is 0 Å². The molecule has 22 heavy (non-hydrogen) atoms. The monoisotopic (exact) mass is 418 g/mol. The van der Waals surface area contributed by atoms with Gasteiger partial charge in [0.2, 0.25) is 5.91 Å². The van der Waals surface area contributed by atoms with Gasteiger partial charge in [0.1, 0.15) is 0 Å². The van der Waals surface area contributed by atoms with Gasteiger partial charge in [-0.05, 0) is 25.8 Å². The number of hydrogen-bond acceptors (Lipinski definition) is 2. The lowest BCUT2D eigenvalue weighted by molar-refractivity contribution is -0.128. The van der Waals surface area contributed by atoms with E-state index in [-0.39, 0.29) is 29.9 Å². The van der Waals surface area contributed by atoms with E-state index >= 15 is 0 Å². The molecule has 1 rings (SSSR count). The summed E-state index contributed by atoms with van der Waals surface area (Å²) >= 11 is 0. The molecule has 0 saturated heterocycles. The van der Waals surface area contributed by atoms with Crippen molar-refractivity contribution in [1.29, 1.82) is 0 Å². The van der Waals surface area contributed by atoms with Gasteiger partial charge >= 0.3 is 0 Å². The minimum atomic E-state index is -0.480. The molecule has 0 radical (unpaired) electrons. The Kier molecular flexibility index (Phi) is 9.80. The van der Waals surface area contributed by atoms with Crippen LogP contribution in [0.1, 0.15) is 19.4 Å². The first-order valence-corrected chi connectivity index (χ1v) is 7.20. The van der Waals surface area contributed by atoms with Crippen LogP contribution in [0.2, 0.25) is 0 Å². The molecule has 1 amide bonds. The molecule has 0 aromatic heterocycles. The summed E-state index contributed by atoms with van der Waals surface area (Å²) in [5.41, 5.74) is 0.803. The highest BCUT2D eigenvalue weighted by molar-refractivity contribution is 14.0. The Bertz CT molecular complexity index is 474. The summed E-state index contributed by atoms with van der Waals surface area (Å²) < 4.78 is 0. The molecule has 6 heteroatoms. The number of aliphatic imine (C=N–C) groups is 1. The number of guanidine groups is 1. The van der Waals surface area contributed by atoms with Crippen molar-refractivity contribution >= 4 is 35.8 Å². The summed E-state index contributed by atoms with van der Waals surface area (Å²) in [6, 6.07) is 10.3. The molecule has 0 aliphatic carbocycles. The van der Waals surface area contributed by atoms with E-state index in [9.17, 15) is 4.79 Å². The van der Waals surface area contributed by atoms with Crippen molar-refractivity contribution in [3.63, 3.8) is 0 Å². The van der Waals surface area contributed by atoms with Crippen molar-refractivity contribution < 1.29 is 4.79 Å². The summed E-state index contributed by atoms with van der Waals surface area (Å²) in [4.78, 5) is 15.9. The van der Waals surface area contributed by atoms with Crippen LogP contribution in [-0.4, -0.2) is 39.1 Å². The number of rotatable bonds is 6. The van der Waals surface area contributed by atoms with Gasteiger partial charge < -0.3 is 16.0 Å².